The maximum Gasteiger partial charge on any atom is 0.231 e. The van der Waals surface area contributed by atoms with Crippen molar-refractivity contribution in [3.63, 3.8) is 0 Å². The number of carbonyl (C=O) groups excluding carboxylic acids is 1. The van der Waals surface area contributed by atoms with Crippen LogP contribution < -0.4 is 9.47 Å². The van der Waals surface area contributed by atoms with Crippen LogP contribution in [0, 0.1) is 6.92 Å². The standard InChI is InChI=1S/C24H19BrN2O3/c1-15-23-18(13-27(14-29-23)12-17-3-2-8-26-11-17)10-20-22(28)21(30-24(15)20)9-16-4-6-19(25)7-5-16/h2-11H,12-14H2,1H3/b21-9-. The molecule has 0 spiro atoms. The van der Waals surface area contributed by atoms with Gasteiger partial charge in [0, 0.05) is 41.1 Å². The number of benzene rings is 2. The number of hydrogen-bond acceptors (Lipinski definition) is 5. The smallest absolute Gasteiger partial charge is 0.231 e. The van der Waals surface area contributed by atoms with Crippen LogP contribution in [0.4, 0.5) is 0 Å². The number of pyridine rings is 1. The average Bonchev–Trinajstić information content (AvgIpc) is 3.06. The van der Waals surface area contributed by atoms with Crippen LogP contribution in [-0.2, 0) is 13.1 Å². The lowest BCUT2D eigenvalue weighted by Gasteiger charge is -2.30. The van der Waals surface area contributed by atoms with Gasteiger partial charge < -0.3 is 9.47 Å². The van der Waals surface area contributed by atoms with Crippen LogP contribution in [0.3, 0.4) is 0 Å². The summed E-state index contributed by atoms with van der Waals surface area (Å²) in [7, 11) is 0. The maximum atomic E-state index is 13.0. The van der Waals surface area contributed by atoms with Crippen LogP contribution in [-0.4, -0.2) is 22.4 Å². The lowest BCUT2D eigenvalue weighted by atomic mass is 10.00. The summed E-state index contributed by atoms with van der Waals surface area (Å²) < 4.78 is 13.0. The molecule has 0 N–H and O–H groups in total. The van der Waals surface area contributed by atoms with Crippen LogP contribution in [0.1, 0.15) is 32.6 Å². The fraction of sp³-hybridized carbons (Fsp3) is 0.167. The summed E-state index contributed by atoms with van der Waals surface area (Å²) in [5.74, 6) is 1.66. The fourth-order valence-electron chi connectivity index (χ4n) is 3.86. The van der Waals surface area contributed by atoms with Crippen molar-refractivity contribution in [2.45, 2.75) is 20.0 Å². The summed E-state index contributed by atoms with van der Waals surface area (Å²) in [5, 5.41) is 0. The SMILES string of the molecule is Cc1c2c(cc3c1O/C(=C\c1ccc(Br)cc1)C3=O)CN(Cc1cccnc1)CO2. The Labute approximate surface area is 183 Å². The number of ketones is 1. The van der Waals surface area contributed by atoms with Crippen molar-refractivity contribution in [2.24, 2.45) is 0 Å². The summed E-state index contributed by atoms with van der Waals surface area (Å²) in [6, 6.07) is 13.6. The van der Waals surface area contributed by atoms with Gasteiger partial charge in [0.15, 0.2) is 5.76 Å². The minimum atomic E-state index is -0.0943. The number of ether oxygens (including phenoxy) is 2. The monoisotopic (exact) mass is 462 g/mol. The normalized spacial score (nSPS) is 16.7. The van der Waals surface area contributed by atoms with Crippen molar-refractivity contribution >= 4 is 27.8 Å². The number of Topliss-reactive ketones (excluding diaryl/α,β-unsaturated/α-hetero) is 1. The van der Waals surface area contributed by atoms with Gasteiger partial charge in [-0.2, -0.15) is 0 Å². The highest BCUT2D eigenvalue weighted by atomic mass is 79.9. The van der Waals surface area contributed by atoms with Crippen LogP contribution in [0.15, 0.2) is 65.1 Å². The van der Waals surface area contributed by atoms with Crippen LogP contribution in [0.5, 0.6) is 11.5 Å². The molecule has 0 amide bonds. The first-order chi connectivity index (χ1) is 14.6. The average molecular weight is 463 g/mol. The third kappa shape index (κ3) is 3.53. The summed E-state index contributed by atoms with van der Waals surface area (Å²) in [5.41, 5.74) is 4.51. The summed E-state index contributed by atoms with van der Waals surface area (Å²) in [4.78, 5) is 19.4. The molecule has 5 rings (SSSR count). The molecular formula is C24H19BrN2O3. The minimum Gasteiger partial charge on any atom is -0.477 e. The Morgan fingerprint density at radius 3 is 2.80 bits per heavy atom. The van der Waals surface area contributed by atoms with Gasteiger partial charge in [-0.05, 0) is 48.4 Å². The van der Waals surface area contributed by atoms with E-state index in [2.05, 4.69) is 25.8 Å². The number of allylic oxidation sites excluding steroid dienone is 1. The predicted molar refractivity (Wildman–Crippen MR) is 117 cm³/mol. The fourth-order valence-corrected chi connectivity index (χ4v) is 4.12. The van der Waals surface area contributed by atoms with Crippen LogP contribution in [0.25, 0.3) is 6.08 Å². The lowest BCUT2D eigenvalue weighted by molar-refractivity contribution is 0.0876. The largest absolute Gasteiger partial charge is 0.477 e. The molecule has 5 nitrogen and oxygen atoms in total. The van der Waals surface area contributed by atoms with Gasteiger partial charge in [0.2, 0.25) is 5.78 Å². The Bertz CT molecular complexity index is 1160. The molecule has 0 saturated carbocycles. The Morgan fingerprint density at radius 2 is 2.03 bits per heavy atom. The van der Waals surface area contributed by atoms with Crippen molar-refractivity contribution < 1.29 is 14.3 Å². The Balaban J connectivity index is 1.43. The van der Waals surface area contributed by atoms with Gasteiger partial charge in [-0.1, -0.05) is 34.1 Å². The van der Waals surface area contributed by atoms with Gasteiger partial charge in [-0.15, -0.1) is 0 Å². The Morgan fingerprint density at radius 1 is 1.20 bits per heavy atom. The van der Waals surface area contributed by atoms with Crippen molar-refractivity contribution in [2.75, 3.05) is 6.73 Å². The molecule has 2 aromatic carbocycles. The number of rotatable bonds is 3. The zero-order valence-corrected chi connectivity index (χ0v) is 18.0. The van der Waals surface area contributed by atoms with Gasteiger partial charge in [-0.25, -0.2) is 0 Å². The number of carbonyl (C=O) groups is 1. The summed E-state index contributed by atoms with van der Waals surface area (Å²) in [6.45, 7) is 3.88. The third-order valence-electron chi connectivity index (χ3n) is 5.30. The van der Waals surface area contributed by atoms with E-state index in [0.29, 0.717) is 30.3 Å². The number of halogens is 1. The lowest BCUT2D eigenvalue weighted by Crippen LogP contribution is -2.32. The summed E-state index contributed by atoms with van der Waals surface area (Å²) >= 11 is 3.43. The molecule has 3 heterocycles. The zero-order valence-electron chi connectivity index (χ0n) is 16.4. The minimum absolute atomic E-state index is 0.0943. The number of nitrogens with zero attached hydrogens (tertiary/aromatic N) is 2. The van der Waals surface area contributed by atoms with E-state index in [1.807, 2.05) is 55.6 Å². The highest BCUT2D eigenvalue weighted by Crippen LogP contribution is 2.43. The van der Waals surface area contributed by atoms with Crippen molar-refractivity contribution in [3.05, 3.63) is 92.9 Å². The molecule has 2 aliphatic heterocycles. The second-order valence-electron chi connectivity index (χ2n) is 7.48. The highest BCUT2D eigenvalue weighted by molar-refractivity contribution is 9.10. The Hall–Kier alpha value is -2.96. The molecule has 6 heteroatoms. The van der Waals surface area contributed by atoms with E-state index in [-0.39, 0.29) is 5.78 Å². The first-order valence-corrected chi connectivity index (χ1v) is 10.5. The molecular weight excluding hydrogens is 444 g/mol. The van der Waals surface area contributed by atoms with E-state index in [0.717, 1.165) is 39.0 Å². The van der Waals surface area contributed by atoms with E-state index in [1.54, 1.807) is 12.3 Å². The van der Waals surface area contributed by atoms with Gasteiger partial charge in [0.1, 0.15) is 18.2 Å². The molecule has 0 saturated heterocycles. The molecule has 2 aliphatic rings. The van der Waals surface area contributed by atoms with Gasteiger partial charge in [-0.3, -0.25) is 14.7 Å². The molecule has 0 atom stereocenters. The first kappa shape index (κ1) is 19.0. The third-order valence-corrected chi connectivity index (χ3v) is 5.83. The van der Waals surface area contributed by atoms with Crippen molar-refractivity contribution in [1.82, 2.24) is 9.88 Å². The molecule has 30 heavy (non-hydrogen) atoms. The molecule has 1 aromatic heterocycles. The molecule has 150 valence electrons. The summed E-state index contributed by atoms with van der Waals surface area (Å²) in [6.07, 6.45) is 5.41. The molecule has 3 aromatic rings. The second kappa shape index (κ2) is 7.70. The molecule has 0 bridgehead atoms. The number of fused-ring (bicyclic) bond motifs is 2. The molecule has 0 fully saturated rings. The van der Waals surface area contributed by atoms with E-state index in [9.17, 15) is 4.79 Å². The van der Waals surface area contributed by atoms with E-state index >= 15 is 0 Å². The van der Waals surface area contributed by atoms with Crippen molar-refractivity contribution in [1.29, 1.82) is 0 Å². The zero-order chi connectivity index (χ0) is 20.7. The highest BCUT2D eigenvalue weighted by Gasteiger charge is 2.33. The van der Waals surface area contributed by atoms with Gasteiger partial charge in [0.25, 0.3) is 0 Å². The van der Waals surface area contributed by atoms with Crippen LogP contribution >= 0.6 is 15.9 Å². The maximum absolute atomic E-state index is 13.0. The number of hydrogen-bond donors (Lipinski definition) is 0. The van der Waals surface area contributed by atoms with E-state index < -0.39 is 0 Å². The predicted octanol–water partition coefficient (Wildman–Crippen LogP) is 5.12. The van der Waals surface area contributed by atoms with Crippen molar-refractivity contribution in [3.8, 4) is 11.5 Å². The van der Waals surface area contributed by atoms with E-state index in [4.69, 9.17) is 9.47 Å². The molecule has 0 aliphatic carbocycles. The van der Waals surface area contributed by atoms with Gasteiger partial charge in [0.05, 0.1) is 5.56 Å². The van der Waals surface area contributed by atoms with Crippen LogP contribution in [0.2, 0.25) is 0 Å². The molecule has 0 radical (unpaired) electrons. The first-order valence-electron chi connectivity index (χ1n) is 9.69. The second-order valence-corrected chi connectivity index (χ2v) is 8.40. The Kier molecular flexibility index (Phi) is 4.89. The van der Waals surface area contributed by atoms with Gasteiger partial charge >= 0.3 is 0 Å². The van der Waals surface area contributed by atoms with E-state index in [1.165, 1.54) is 0 Å². The topological polar surface area (TPSA) is 51.7 Å². The quantitative estimate of drug-likeness (QED) is 0.505. The number of aromatic nitrogens is 1. The molecule has 0 unspecified atom stereocenters.